The van der Waals surface area contributed by atoms with Crippen molar-refractivity contribution in [2.45, 2.75) is 31.1 Å². The smallest absolute Gasteiger partial charge is 0.299 e. The molecule has 0 spiro atoms. The second kappa shape index (κ2) is 4.25. The third kappa shape index (κ3) is 2.74. The van der Waals surface area contributed by atoms with Crippen molar-refractivity contribution in [3.8, 4) is 0 Å². The monoisotopic (exact) mass is 282 g/mol. The van der Waals surface area contributed by atoms with E-state index in [1.807, 2.05) is 0 Å². The standard InChI is InChI=1S/C12H8F6O/c13-11(14,15)7-3-6(9-1-2-10(9)19)4-8(5-7)12(16,17)18/h3-5,9H,1-2H2. The third-order valence-electron chi connectivity index (χ3n) is 3.08. The van der Waals surface area contributed by atoms with Gasteiger partial charge in [0, 0.05) is 12.3 Å². The van der Waals surface area contributed by atoms with Crippen molar-refractivity contribution in [1.82, 2.24) is 0 Å². The zero-order valence-corrected chi connectivity index (χ0v) is 9.40. The number of hydrogen-bond donors (Lipinski definition) is 0. The van der Waals surface area contributed by atoms with Crippen LogP contribution >= 0.6 is 0 Å². The molecule has 19 heavy (non-hydrogen) atoms. The highest BCUT2D eigenvalue weighted by Crippen LogP contribution is 2.40. The molecule has 0 bridgehead atoms. The zero-order valence-electron chi connectivity index (χ0n) is 9.40. The Bertz CT molecular complexity index is 482. The lowest BCUT2D eigenvalue weighted by molar-refractivity contribution is -0.143. The molecule has 1 aliphatic carbocycles. The van der Waals surface area contributed by atoms with E-state index in [2.05, 4.69) is 0 Å². The Balaban J connectivity index is 2.52. The number of Topliss-reactive ketones (excluding diaryl/α,β-unsaturated/α-hetero) is 1. The van der Waals surface area contributed by atoms with E-state index in [0.717, 1.165) is 0 Å². The second-order valence-corrected chi connectivity index (χ2v) is 4.40. The molecule has 1 aromatic rings. The van der Waals surface area contributed by atoms with Gasteiger partial charge in [-0.1, -0.05) is 0 Å². The molecule has 1 nitrogen and oxygen atoms in total. The lowest BCUT2D eigenvalue weighted by atomic mass is 9.78. The Kier molecular flexibility index (Phi) is 3.10. The summed E-state index contributed by atoms with van der Waals surface area (Å²) in [7, 11) is 0. The molecule has 1 saturated carbocycles. The first-order valence-corrected chi connectivity index (χ1v) is 5.41. The van der Waals surface area contributed by atoms with Gasteiger partial charge < -0.3 is 0 Å². The number of rotatable bonds is 1. The van der Waals surface area contributed by atoms with Gasteiger partial charge in [-0.25, -0.2) is 0 Å². The third-order valence-corrected chi connectivity index (χ3v) is 3.08. The maximum Gasteiger partial charge on any atom is 0.416 e. The van der Waals surface area contributed by atoms with Gasteiger partial charge in [0.1, 0.15) is 5.78 Å². The molecule has 0 saturated heterocycles. The lowest BCUT2D eigenvalue weighted by Gasteiger charge is -2.26. The van der Waals surface area contributed by atoms with Gasteiger partial charge in [-0.3, -0.25) is 4.79 Å². The molecule has 1 aromatic carbocycles. The summed E-state index contributed by atoms with van der Waals surface area (Å²) in [6, 6.07) is 1.31. The van der Waals surface area contributed by atoms with E-state index < -0.39 is 29.4 Å². The van der Waals surface area contributed by atoms with Crippen LogP contribution in [0, 0.1) is 0 Å². The fraction of sp³-hybridized carbons (Fsp3) is 0.417. The molecule has 2 rings (SSSR count). The van der Waals surface area contributed by atoms with Gasteiger partial charge in [0.15, 0.2) is 0 Å². The van der Waals surface area contributed by atoms with Crippen LogP contribution < -0.4 is 0 Å². The fourth-order valence-electron chi connectivity index (χ4n) is 1.94. The van der Waals surface area contributed by atoms with Gasteiger partial charge >= 0.3 is 12.4 Å². The molecular weight excluding hydrogens is 274 g/mol. The second-order valence-electron chi connectivity index (χ2n) is 4.40. The minimum atomic E-state index is -4.87. The first-order valence-electron chi connectivity index (χ1n) is 5.41. The van der Waals surface area contributed by atoms with Crippen LogP contribution in [0.3, 0.4) is 0 Å². The summed E-state index contributed by atoms with van der Waals surface area (Å²) in [4.78, 5) is 11.2. The van der Waals surface area contributed by atoms with Crippen LogP contribution in [0.25, 0.3) is 0 Å². The highest BCUT2D eigenvalue weighted by atomic mass is 19.4. The quantitative estimate of drug-likeness (QED) is 0.706. The number of carbonyl (C=O) groups is 1. The maximum absolute atomic E-state index is 12.6. The van der Waals surface area contributed by atoms with Crippen molar-refractivity contribution >= 4 is 5.78 Å². The van der Waals surface area contributed by atoms with E-state index >= 15 is 0 Å². The molecule has 0 aromatic heterocycles. The van der Waals surface area contributed by atoms with Crippen LogP contribution in [-0.4, -0.2) is 5.78 Å². The largest absolute Gasteiger partial charge is 0.416 e. The van der Waals surface area contributed by atoms with Crippen molar-refractivity contribution < 1.29 is 31.1 Å². The first kappa shape index (κ1) is 13.9. The van der Waals surface area contributed by atoms with Gasteiger partial charge in [0.25, 0.3) is 0 Å². The first-order chi connectivity index (χ1) is 8.59. The van der Waals surface area contributed by atoms with Crippen molar-refractivity contribution in [1.29, 1.82) is 0 Å². The van der Waals surface area contributed by atoms with Gasteiger partial charge in [0.2, 0.25) is 0 Å². The fourth-order valence-corrected chi connectivity index (χ4v) is 1.94. The highest BCUT2D eigenvalue weighted by Gasteiger charge is 2.39. The number of ketones is 1. The molecule has 1 aliphatic rings. The Morgan fingerprint density at radius 3 is 1.63 bits per heavy atom. The van der Waals surface area contributed by atoms with Crippen molar-refractivity contribution in [2.75, 3.05) is 0 Å². The predicted octanol–water partition coefficient (Wildman–Crippen LogP) is 4.17. The van der Waals surface area contributed by atoms with Crippen molar-refractivity contribution in [3.05, 3.63) is 34.9 Å². The summed E-state index contributed by atoms with van der Waals surface area (Å²) >= 11 is 0. The molecule has 0 heterocycles. The number of carbonyl (C=O) groups excluding carboxylic acids is 1. The molecular formula is C12H8F6O. The van der Waals surface area contributed by atoms with Crippen molar-refractivity contribution in [2.24, 2.45) is 0 Å². The Labute approximate surface area is 104 Å². The summed E-state index contributed by atoms with van der Waals surface area (Å²) in [5.74, 6) is -1.17. The normalized spacial score (nSPS) is 20.3. The Morgan fingerprint density at radius 1 is 0.895 bits per heavy atom. The van der Waals surface area contributed by atoms with Crippen LogP contribution in [0.15, 0.2) is 18.2 Å². The minimum absolute atomic E-state index is 0.0621. The SMILES string of the molecule is O=C1CCC1c1cc(C(F)(F)F)cc(C(F)(F)F)c1. The Morgan fingerprint density at radius 2 is 1.37 bits per heavy atom. The topological polar surface area (TPSA) is 17.1 Å². The van der Waals surface area contributed by atoms with Crippen molar-refractivity contribution in [3.63, 3.8) is 0 Å². The summed E-state index contributed by atoms with van der Waals surface area (Å²) in [5, 5.41) is 0. The van der Waals surface area contributed by atoms with E-state index in [0.29, 0.717) is 12.1 Å². The summed E-state index contributed by atoms with van der Waals surface area (Å²) in [6.45, 7) is 0. The van der Waals surface area contributed by atoms with E-state index in [9.17, 15) is 31.1 Å². The molecule has 104 valence electrons. The summed E-state index contributed by atoms with van der Waals surface area (Å²) in [6.07, 6.45) is -9.26. The number of alkyl halides is 6. The van der Waals surface area contributed by atoms with E-state index in [1.54, 1.807) is 0 Å². The molecule has 1 unspecified atom stereocenters. The number of benzene rings is 1. The van der Waals surface area contributed by atoms with Crippen LogP contribution in [0.5, 0.6) is 0 Å². The van der Waals surface area contributed by atoms with Crippen LogP contribution in [-0.2, 0) is 17.1 Å². The van der Waals surface area contributed by atoms with E-state index in [4.69, 9.17) is 0 Å². The molecule has 1 atom stereocenters. The Hall–Kier alpha value is -1.53. The van der Waals surface area contributed by atoms with E-state index in [-0.39, 0.29) is 30.3 Å². The molecule has 0 N–H and O–H groups in total. The number of hydrogen-bond acceptors (Lipinski definition) is 1. The van der Waals surface area contributed by atoms with E-state index in [1.165, 1.54) is 0 Å². The molecule has 0 aliphatic heterocycles. The minimum Gasteiger partial charge on any atom is -0.299 e. The summed E-state index contributed by atoms with van der Waals surface area (Å²) < 4.78 is 75.4. The van der Waals surface area contributed by atoms with Gasteiger partial charge in [-0.05, 0) is 30.2 Å². The number of halogens is 6. The molecule has 7 heteroatoms. The highest BCUT2D eigenvalue weighted by molar-refractivity contribution is 5.91. The average molecular weight is 282 g/mol. The maximum atomic E-state index is 12.6. The molecule has 0 radical (unpaired) electrons. The lowest BCUT2D eigenvalue weighted by Crippen LogP contribution is -2.24. The van der Waals surface area contributed by atoms with Gasteiger partial charge in [-0.15, -0.1) is 0 Å². The van der Waals surface area contributed by atoms with Crippen LogP contribution in [0.2, 0.25) is 0 Å². The van der Waals surface area contributed by atoms with Crippen LogP contribution in [0.1, 0.15) is 35.4 Å². The van der Waals surface area contributed by atoms with Gasteiger partial charge in [0.05, 0.1) is 11.1 Å². The zero-order chi connectivity index (χ0) is 14.4. The van der Waals surface area contributed by atoms with Crippen LogP contribution in [0.4, 0.5) is 26.3 Å². The predicted molar refractivity (Wildman–Crippen MR) is 53.4 cm³/mol. The summed E-state index contributed by atoms with van der Waals surface area (Å²) in [5.41, 5.74) is -2.97. The average Bonchev–Trinajstić information content (AvgIpc) is 2.24. The molecule has 0 amide bonds. The van der Waals surface area contributed by atoms with Gasteiger partial charge in [-0.2, -0.15) is 26.3 Å². The molecule has 1 fully saturated rings.